The highest BCUT2D eigenvalue weighted by Gasteiger charge is 2.09. The third-order valence-corrected chi connectivity index (χ3v) is 2.32. The first-order valence-corrected chi connectivity index (χ1v) is 5.16. The lowest BCUT2D eigenvalue weighted by atomic mass is 10.4. The van der Waals surface area contributed by atoms with Crippen molar-refractivity contribution in [2.45, 2.75) is 0 Å². The van der Waals surface area contributed by atoms with Gasteiger partial charge >= 0.3 is 5.97 Å². The summed E-state index contributed by atoms with van der Waals surface area (Å²) >= 11 is 0. The van der Waals surface area contributed by atoms with Gasteiger partial charge in [0.05, 0.1) is 6.61 Å². The molecule has 0 aliphatic carbocycles. The van der Waals surface area contributed by atoms with Crippen molar-refractivity contribution < 1.29 is 14.6 Å². The molecule has 2 aromatic heterocycles. The number of aromatic carboxylic acids is 1. The van der Waals surface area contributed by atoms with Gasteiger partial charge in [0.15, 0.2) is 5.69 Å². The van der Waals surface area contributed by atoms with Crippen LogP contribution in [0, 0.1) is 0 Å². The number of carboxylic acids is 1. The third-order valence-electron chi connectivity index (χ3n) is 2.32. The Bertz CT molecular complexity index is 536. The Morgan fingerprint density at radius 3 is 3.12 bits per heavy atom. The van der Waals surface area contributed by atoms with E-state index in [-0.39, 0.29) is 5.69 Å². The summed E-state index contributed by atoms with van der Waals surface area (Å²) < 4.78 is 6.65. The molecule has 0 spiro atoms. The normalized spacial score (nSPS) is 10.6. The first kappa shape index (κ1) is 11.4. The van der Waals surface area contributed by atoms with Gasteiger partial charge in [-0.05, 0) is 12.1 Å². The Hall–Kier alpha value is -2.08. The average molecular weight is 235 g/mol. The largest absolute Gasteiger partial charge is 0.476 e. The van der Waals surface area contributed by atoms with E-state index >= 15 is 0 Å². The van der Waals surface area contributed by atoms with Gasteiger partial charge in [-0.25, -0.2) is 9.78 Å². The highest BCUT2D eigenvalue weighted by atomic mass is 16.5. The van der Waals surface area contributed by atoms with Crippen molar-refractivity contribution in [3.05, 3.63) is 30.1 Å². The number of nitrogens with zero attached hydrogens (tertiary/aromatic N) is 2. The van der Waals surface area contributed by atoms with Crippen LogP contribution in [0.15, 0.2) is 24.4 Å². The molecule has 0 aliphatic rings. The summed E-state index contributed by atoms with van der Waals surface area (Å²) in [7, 11) is 1.63. The lowest BCUT2D eigenvalue weighted by Gasteiger charge is -2.07. The third kappa shape index (κ3) is 2.36. The van der Waals surface area contributed by atoms with Crippen molar-refractivity contribution in [1.29, 1.82) is 0 Å². The number of rotatable bonds is 5. The van der Waals surface area contributed by atoms with Crippen molar-refractivity contribution >= 4 is 17.4 Å². The average Bonchev–Trinajstić information content (AvgIpc) is 2.74. The first-order valence-electron chi connectivity index (χ1n) is 5.16. The summed E-state index contributed by atoms with van der Waals surface area (Å²) in [5, 5.41) is 12.0. The van der Waals surface area contributed by atoms with Crippen LogP contribution in [0.2, 0.25) is 0 Å². The second-order valence-electron chi connectivity index (χ2n) is 3.49. The molecule has 0 aromatic carbocycles. The Kier molecular flexibility index (Phi) is 3.24. The predicted octanol–water partition coefficient (Wildman–Crippen LogP) is 1.09. The number of aromatic nitrogens is 2. The van der Waals surface area contributed by atoms with Crippen LogP contribution in [0.3, 0.4) is 0 Å². The van der Waals surface area contributed by atoms with E-state index in [0.29, 0.717) is 18.8 Å². The molecule has 0 unspecified atom stereocenters. The lowest BCUT2D eigenvalue weighted by molar-refractivity contribution is 0.0691. The van der Waals surface area contributed by atoms with Crippen LogP contribution < -0.4 is 5.32 Å². The Labute approximate surface area is 97.8 Å². The first-order chi connectivity index (χ1) is 8.22. The zero-order chi connectivity index (χ0) is 12.3. The van der Waals surface area contributed by atoms with Crippen LogP contribution in [0.5, 0.6) is 0 Å². The summed E-state index contributed by atoms with van der Waals surface area (Å²) in [6.07, 6.45) is 1.49. The highest BCUT2D eigenvalue weighted by Crippen LogP contribution is 2.13. The molecule has 0 atom stereocenters. The van der Waals surface area contributed by atoms with Crippen LogP contribution in [0.25, 0.3) is 5.65 Å². The second kappa shape index (κ2) is 4.84. The monoisotopic (exact) mass is 235 g/mol. The Balaban J connectivity index is 2.32. The van der Waals surface area contributed by atoms with E-state index in [2.05, 4.69) is 10.3 Å². The van der Waals surface area contributed by atoms with Gasteiger partial charge in [-0.2, -0.15) is 0 Å². The number of ether oxygens (including phenoxy) is 1. The Morgan fingerprint density at radius 1 is 1.59 bits per heavy atom. The molecule has 0 saturated heterocycles. The maximum absolute atomic E-state index is 10.8. The molecule has 2 heterocycles. The van der Waals surface area contributed by atoms with Gasteiger partial charge in [0, 0.05) is 19.9 Å². The van der Waals surface area contributed by atoms with Gasteiger partial charge in [-0.3, -0.25) is 4.40 Å². The molecule has 0 radical (unpaired) electrons. The predicted molar refractivity (Wildman–Crippen MR) is 62.5 cm³/mol. The molecule has 6 heteroatoms. The molecule has 6 nitrogen and oxygen atoms in total. The fourth-order valence-electron chi connectivity index (χ4n) is 1.54. The van der Waals surface area contributed by atoms with Crippen LogP contribution in [0.4, 0.5) is 5.82 Å². The smallest absolute Gasteiger partial charge is 0.356 e. The van der Waals surface area contributed by atoms with E-state index < -0.39 is 5.97 Å². The minimum absolute atomic E-state index is 0.0333. The van der Waals surface area contributed by atoms with Crippen LogP contribution >= 0.6 is 0 Å². The van der Waals surface area contributed by atoms with Gasteiger partial charge in [0.2, 0.25) is 0 Å². The molecule has 0 amide bonds. The number of pyridine rings is 1. The SMILES string of the molecule is COCCNc1cccc2nc(C(=O)O)cn12. The van der Waals surface area contributed by atoms with Crippen molar-refractivity contribution in [2.24, 2.45) is 0 Å². The van der Waals surface area contributed by atoms with Crippen molar-refractivity contribution in [3.63, 3.8) is 0 Å². The fraction of sp³-hybridized carbons (Fsp3) is 0.273. The maximum atomic E-state index is 10.8. The summed E-state index contributed by atoms with van der Waals surface area (Å²) in [4.78, 5) is 14.8. The number of hydrogen-bond acceptors (Lipinski definition) is 4. The van der Waals surface area contributed by atoms with E-state index in [0.717, 1.165) is 5.82 Å². The molecule has 2 aromatic rings. The molecule has 2 rings (SSSR count). The van der Waals surface area contributed by atoms with E-state index in [9.17, 15) is 4.79 Å². The number of hydrogen-bond donors (Lipinski definition) is 2. The molecule has 0 saturated carbocycles. The Morgan fingerprint density at radius 2 is 2.41 bits per heavy atom. The minimum atomic E-state index is -1.03. The number of carbonyl (C=O) groups is 1. The summed E-state index contributed by atoms with van der Waals surface area (Å²) in [6.45, 7) is 1.23. The standard InChI is InChI=1S/C11H13N3O3/c1-17-6-5-12-9-3-2-4-10-13-8(11(15)16)7-14(9)10/h2-4,7,12H,5-6H2,1H3,(H,15,16). The fourth-order valence-corrected chi connectivity index (χ4v) is 1.54. The van der Waals surface area contributed by atoms with Crippen LogP contribution in [-0.4, -0.2) is 40.7 Å². The van der Waals surface area contributed by atoms with Gasteiger partial charge in [-0.15, -0.1) is 0 Å². The van der Waals surface area contributed by atoms with Crippen molar-refractivity contribution in [2.75, 3.05) is 25.6 Å². The number of fused-ring (bicyclic) bond motifs is 1. The second-order valence-corrected chi connectivity index (χ2v) is 3.49. The van der Waals surface area contributed by atoms with E-state index in [1.54, 1.807) is 17.6 Å². The van der Waals surface area contributed by atoms with E-state index in [4.69, 9.17) is 9.84 Å². The minimum Gasteiger partial charge on any atom is -0.476 e. The summed E-state index contributed by atoms with van der Waals surface area (Å²) in [5.74, 6) is -0.240. The molecule has 0 fully saturated rings. The topological polar surface area (TPSA) is 75.9 Å². The van der Waals surface area contributed by atoms with Crippen molar-refractivity contribution in [3.8, 4) is 0 Å². The van der Waals surface area contributed by atoms with Gasteiger partial charge in [0.1, 0.15) is 11.5 Å². The van der Waals surface area contributed by atoms with Gasteiger partial charge < -0.3 is 15.2 Å². The van der Waals surface area contributed by atoms with E-state index in [1.807, 2.05) is 12.1 Å². The van der Waals surface area contributed by atoms with Gasteiger partial charge in [0.25, 0.3) is 0 Å². The van der Waals surface area contributed by atoms with Crippen molar-refractivity contribution in [1.82, 2.24) is 9.38 Å². The zero-order valence-electron chi connectivity index (χ0n) is 9.38. The summed E-state index contributed by atoms with van der Waals surface area (Å²) in [6, 6.07) is 5.44. The molecular weight excluding hydrogens is 222 g/mol. The lowest BCUT2D eigenvalue weighted by Crippen LogP contribution is -2.10. The molecule has 90 valence electrons. The van der Waals surface area contributed by atoms with E-state index in [1.165, 1.54) is 6.20 Å². The molecule has 0 bridgehead atoms. The molecule has 17 heavy (non-hydrogen) atoms. The quantitative estimate of drug-likeness (QED) is 0.759. The molecular formula is C11H13N3O3. The summed E-state index contributed by atoms with van der Waals surface area (Å²) in [5.41, 5.74) is 0.635. The maximum Gasteiger partial charge on any atom is 0.356 e. The van der Waals surface area contributed by atoms with Gasteiger partial charge in [-0.1, -0.05) is 6.07 Å². The van der Waals surface area contributed by atoms with Crippen LogP contribution in [-0.2, 0) is 4.74 Å². The molecule has 0 aliphatic heterocycles. The number of carboxylic acid groups (broad SMARTS) is 1. The highest BCUT2D eigenvalue weighted by molar-refractivity contribution is 5.86. The van der Waals surface area contributed by atoms with Crippen LogP contribution in [0.1, 0.15) is 10.5 Å². The zero-order valence-corrected chi connectivity index (χ0v) is 9.38. The number of imidazole rings is 1. The number of nitrogens with one attached hydrogen (secondary N) is 1. The number of methoxy groups -OCH3 is 1. The number of anilines is 1. The molecule has 2 N–H and O–H groups in total.